The van der Waals surface area contributed by atoms with Crippen LogP contribution in [0.1, 0.15) is 56.4 Å². The number of thioether (sulfide) groups is 1. The zero-order valence-corrected chi connectivity index (χ0v) is 19.1. The molecule has 1 aromatic carbocycles. The van der Waals surface area contributed by atoms with Crippen LogP contribution in [0.4, 0.5) is 5.69 Å². The van der Waals surface area contributed by atoms with Crippen molar-refractivity contribution in [3.05, 3.63) is 68.5 Å². The monoisotopic (exact) mass is 454 g/mol. The fourth-order valence-corrected chi connectivity index (χ4v) is 5.24. The summed E-state index contributed by atoms with van der Waals surface area (Å²) in [4.78, 5) is 45.1. The molecule has 0 N–H and O–H groups in total. The summed E-state index contributed by atoms with van der Waals surface area (Å²) in [6.07, 6.45) is 1.40. The minimum Gasteiger partial charge on any atom is -0.339 e. The van der Waals surface area contributed by atoms with Gasteiger partial charge in [-0.2, -0.15) is 0 Å². The van der Waals surface area contributed by atoms with Crippen LogP contribution >= 0.6 is 11.8 Å². The molecule has 2 aliphatic rings. The van der Waals surface area contributed by atoms with E-state index in [4.69, 9.17) is 4.98 Å². The summed E-state index contributed by atoms with van der Waals surface area (Å²) in [6.45, 7) is 5.51. The first-order valence-corrected chi connectivity index (χ1v) is 11.9. The number of nitro groups is 1. The van der Waals surface area contributed by atoms with Gasteiger partial charge in [-0.05, 0) is 44.4 Å². The first-order chi connectivity index (χ1) is 15.3. The number of likely N-dealkylation sites (tertiary alicyclic amines) is 1. The molecule has 0 saturated carbocycles. The molecule has 9 heteroatoms. The molecule has 4 rings (SSSR count). The fraction of sp³-hybridized carbons (Fsp3) is 0.435. The Morgan fingerprint density at radius 1 is 1.03 bits per heavy atom. The Balaban J connectivity index is 1.50. The van der Waals surface area contributed by atoms with Crippen molar-refractivity contribution in [3.63, 3.8) is 0 Å². The highest BCUT2D eigenvalue weighted by atomic mass is 32.2. The van der Waals surface area contributed by atoms with Crippen LogP contribution in [0.15, 0.2) is 30.3 Å². The average Bonchev–Trinajstić information content (AvgIpc) is 3.33. The Bertz CT molecular complexity index is 1060. The minimum atomic E-state index is -0.483. The normalized spacial score (nSPS) is 16.9. The van der Waals surface area contributed by atoms with Crippen LogP contribution in [0.3, 0.4) is 0 Å². The number of piperidine rings is 1. The lowest BCUT2D eigenvalue weighted by Crippen LogP contribution is -2.39. The summed E-state index contributed by atoms with van der Waals surface area (Å²) in [6, 6.07) is 8.15. The molecular weight excluding hydrogens is 428 g/mol. The molecule has 0 aliphatic carbocycles. The largest absolute Gasteiger partial charge is 0.339 e. The van der Waals surface area contributed by atoms with Crippen molar-refractivity contribution in [2.24, 2.45) is 0 Å². The summed E-state index contributed by atoms with van der Waals surface area (Å²) in [5.41, 5.74) is 3.37. The Labute approximate surface area is 191 Å². The smallest absolute Gasteiger partial charge is 0.270 e. The topological polar surface area (TPSA) is 96.7 Å². The van der Waals surface area contributed by atoms with Gasteiger partial charge in [0.25, 0.3) is 17.5 Å². The Morgan fingerprint density at radius 2 is 1.75 bits per heavy atom. The zero-order chi connectivity index (χ0) is 22.8. The van der Waals surface area contributed by atoms with Crippen LogP contribution in [0.5, 0.6) is 0 Å². The number of amides is 2. The van der Waals surface area contributed by atoms with E-state index in [2.05, 4.69) is 0 Å². The lowest BCUT2D eigenvalue weighted by Gasteiger charge is -2.33. The van der Waals surface area contributed by atoms with E-state index in [1.165, 1.54) is 12.1 Å². The Morgan fingerprint density at radius 3 is 2.41 bits per heavy atom. The second-order valence-corrected chi connectivity index (χ2v) is 9.39. The number of aromatic nitrogens is 1. The van der Waals surface area contributed by atoms with E-state index >= 15 is 0 Å². The maximum atomic E-state index is 13.1. The number of aryl methyl sites for hydroxylation is 2. The van der Waals surface area contributed by atoms with Gasteiger partial charge in [-0.25, -0.2) is 0 Å². The molecule has 0 bridgehead atoms. The number of hydrogen-bond donors (Lipinski definition) is 0. The van der Waals surface area contributed by atoms with Gasteiger partial charge in [0.1, 0.15) is 0 Å². The number of pyridine rings is 1. The van der Waals surface area contributed by atoms with Crippen LogP contribution in [0.25, 0.3) is 0 Å². The Kier molecular flexibility index (Phi) is 6.45. The molecule has 2 amide bonds. The van der Waals surface area contributed by atoms with Crippen LogP contribution in [-0.4, -0.2) is 62.8 Å². The maximum absolute atomic E-state index is 13.1. The molecule has 2 aromatic rings. The van der Waals surface area contributed by atoms with E-state index < -0.39 is 4.92 Å². The number of nitrogens with zero attached hydrogens (tertiary/aromatic N) is 4. The predicted molar refractivity (Wildman–Crippen MR) is 123 cm³/mol. The molecule has 0 unspecified atom stereocenters. The summed E-state index contributed by atoms with van der Waals surface area (Å²) >= 11 is 1.75. The summed E-state index contributed by atoms with van der Waals surface area (Å²) in [5, 5.41) is 11.1. The number of carbonyl (C=O) groups excluding carboxylic acids is 2. The van der Waals surface area contributed by atoms with E-state index in [0.717, 1.165) is 29.2 Å². The van der Waals surface area contributed by atoms with Crippen molar-refractivity contribution in [2.75, 3.05) is 31.3 Å². The fourth-order valence-electron chi connectivity index (χ4n) is 4.29. The number of hydrogen-bond acceptors (Lipinski definition) is 6. The van der Waals surface area contributed by atoms with Crippen molar-refractivity contribution in [2.45, 2.75) is 32.6 Å². The second kappa shape index (κ2) is 9.28. The standard InChI is InChI=1S/C23H26N4O4S/c1-15-3-5-18(27(30)31)13-20(15)23(29)25-9-7-17(8-10-25)21-19(6-4-16(2)24-21)22(28)26-11-12-32-14-26/h3-6,13,17H,7-12,14H2,1-2H3. The van der Waals surface area contributed by atoms with E-state index in [0.29, 0.717) is 42.9 Å². The molecule has 0 spiro atoms. The van der Waals surface area contributed by atoms with E-state index in [9.17, 15) is 19.7 Å². The van der Waals surface area contributed by atoms with Gasteiger partial charge in [-0.3, -0.25) is 24.7 Å². The zero-order valence-electron chi connectivity index (χ0n) is 18.2. The van der Waals surface area contributed by atoms with Crippen LogP contribution in [0.2, 0.25) is 0 Å². The van der Waals surface area contributed by atoms with Crippen molar-refractivity contribution in [1.29, 1.82) is 0 Å². The van der Waals surface area contributed by atoms with Crippen molar-refractivity contribution in [3.8, 4) is 0 Å². The molecule has 2 fully saturated rings. The molecule has 32 heavy (non-hydrogen) atoms. The second-order valence-electron chi connectivity index (χ2n) is 8.31. The maximum Gasteiger partial charge on any atom is 0.270 e. The van der Waals surface area contributed by atoms with Gasteiger partial charge in [0.2, 0.25) is 0 Å². The van der Waals surface area contributed by atoms with Gasteiger partial charge in [0.15, 0.2) is 0 Å². The number of nitro benzene ring substituents is 1. The highest BCUT2D eigenvalue weighted by Gasteiger charge is 2.31. The van der Waals surface area contributed by atoms with E-state index in [-0.39, 0.29) is 23.4 Å². The van der Waals surface area contributed by atoms with Crippen LogP contribution in [0, 0.1) is 24.0 Å². The van der Waals surface area contributed by atoms with Gasteiger partial charge in [-0.1, -0.05) is 6.07 Å². The molecule has 8 nitrogen and oxygen atoms in total. The third-order valence-electron chi connectivity index (χ3n) is 6.17. The van der Waals surface area contributed by atoms with E-state index in [1.807, 2.05) is 24.0 Å². The molecule has 0 atom stereocenters. The Hall–Kier alpha value is -2.94. The average molecular weight is 455 g/mol. The summed E-state index contributed by atoms with van der Waals surface area (Å²) in [7, 11) is 0. The highest BCUT2D eigenvalue weighted by Crippen LogP contribution is 2.32. The molecule has 2 aliphatic heterocycles. The van der Waals surface area contributed by atoms with Crippen LogP contribution in [-0.2, 0) is 0 Å². The highest BCUT2D eigenvalue weighted by molar-refractivity contribution is 7.99. The minimum absolute atomic E-state index is 0.0308. The predicted octanol–water partition coefficient (Wildman–Crippen LogP) is 3.77. The molecule has 0 radical (unpaired) electrons. The first kappa shape index (κ1) is 22.3. The number of rotatable bonds is 4. The lowest BCUT2D eigenvalue weighted by atomic mass is 9.89. The molecular formula is C23H26N4O4S. The third-order valence-corrected chi connectivity index (χ3v) is 7.13. The van der Waals surface area contributed by atoms with Crippen molar-refractivity contribution >= 4 is 29.3 Å². The van der Waals surface area contributed by atoms with Gasteiger partial charge in [0, 0.05) is 54.7 Å². The van der Waals surface area contributed by atoms with E-state index in [1.54, 1.807) is 29.7 Å². The van der Waals surface area contributed by atoms with Crippen LogP contribution < -0.4 is 0 Å². The van der Waals surface area contributed by atoms with Gasteiger partial charge < -0.3 is 9.80 Å². The van der Waals surface area contributed by atoms with Crippen molar-refractivity contribution < 1.29 is 14.5 Å². The third kappa shape index (κ3) is 4.48. The number of non-ortho nitro benzene ring substituents is 1. The molecule has 2 saturated heterocycles. The molecule has 168 valence electrons. The molecule has 1 aromatic heterocycles. The van der Waals surface area contributed by atoms with Crippen molar-refractivity contribution in [1.82, 2.24) is 14.8 Å². The molecule has 3 heterocycles. The van der Waals surface area contributed by atoms with Gasteiger partial charge in [-0.15, -0.1) is 11.8 Å². The SMILES string of the molecule is Cc1ccc(C(=O)N2CCSC2)c(C2CCN(C(=O)c3cc([N+](=O)[O-])ccc3C)CC2)n1. The van der Waals surface area contributed by atoms with Gasteiger partial charge >= 0.3 is 0 Å². The quantitative estimate of drug-likeness (QED) is 0.515. The summed E-state index contributed by atoms with van der Waals surface area (Å²) < 4.78 is 0. The lowest BCUT2D eigenvalue weighted by molar-refractivity contribution is -0.384. The summed E-state index contributed by atoms with van der Waals surface area (Å²) in [5.74, 6) is 1.61. The number of benzene rings is 1. The van der Waals surface area contributed by atoms with Gasteiger partial charge in [0.05, 0.1) is 22.1 Å². The number of carbonyl (C=O) groups is 2. The first-order valence-electron chi connectivity index (χ1n) is 10.7.